The summed E-state index contributed by atoms with van der Waals surface area (Å²) in [7, 11) is 3.16. The number of nitrogens with zero attached hydrogens (tertiary/aromatic N) is 2. The molecule has 8 nitrogen and oxygen atoms in total. The first-order valence-electron chi connectivity index (χ1n) is 12.0. The molecule has 0 saturated carbocycles. The van der Waals surface area contributed by atoms with E-state index in [0.29, 0.717) is 67.4 Å². The van der Waals surface area contributed by atoms with E-state index in [2.05, 4.69) is 0 Å². The number of carbonyl (C=O) groups excluding carboxylic acids is 3. The number of carbonyl (C=O) groups is 3. The third-order valence-electron chi connectivity index (χ3n) is 7.38. The highest BCUT2D eigenvalue weighted by atomic mass is 16.5. The lowest BCUT2D eigenvalue weighted by Gasteiger charge is -2.44. The largest absolute Gasteiger partial charge is 0.497 e. The van der Waals surface area contributed by atoms with Crippen LogP contribution in [0.1, 0.15) is 41.6 Å². The van der Waals surface area contributed by atoms with Crippen LogP contribution >= 0.6 is 0 Å². The van der Waals surface area contributed by atoms with Gasteiger partial charge in [0.2, 0.25) is 11.8 Å². The number of amides is 2. The van der Waals surface area contributed by atoms with Gasteiger partial charge in [0.05, 0.1) is 37.8 Å². The molecule has 0 bridgehead atoms. The van der Waals surface area contributed by atoms with Gasteiger partial charge in [0.1, 0.15) is 22.8 Å². The standard InChI is InChI=1S/C27H30N2O6/c1-17-4-7-23(34-3)21(12-17)29-16-18(13-25(29)31)26(32)28-10-8-27(9-11-28)15-22(30)20-6-5-19(33-2)14-24(20)35-27/h4-7,12,14,18H,8-11,13,15-16H2,1-3H3. The Morgan fingerprint density at radius 1 is 1.06 bits per heavy atom. The van der Waals surface area contributed by atoms with Crippen LogP contribution in [0.4, 0.5) is 5.69 Å². The van der Waals surface area contributed by atoms with Gasteiger partial charge >= 0.3 is 0 Å². The zero-order chi connectivity index (χ0) is 24.7. The van der Waals surface area contributed by atoms with E-state index >= 15 is 0 Å². The number of rotatable bonds is 4. The molecule has 2 aromatic carbocycles. The van der Waals surface area contributed by atoms with Gasteiger partial charge in [0.25, 0.3) is 0 Å². The van der Waals surface area contributed by atoms with Crippen LogP contribution in [-0.2, 0) is 9.59 Å². The molecule has 1 atom stereocenters. The van der Waals surface area contributed by atoms with Crippen molar-refractivity contribution < 1.29 is 28.6 Å². The molecule has 0 N–H and O–H groups in total. The summed E-state index contributed by atoms with van der Waals surface area (Å²) in [6.45, 7) is 3.28. The van der Waals surface area contributed by atoms with Crippen molar-refractivity contribution in [3.63, 3.8) is 0 Å². The number of likely N-dealkylation sites (tertiary alicyclic amines) is 1. The minimum absolute atomic E-state index is 0.0217. The number of ether oxygens (including phenoxy) is 3. The average Bonchev–Trinajstić information content (AvgIpc) is 3.25. The van der Waals surface area contributed by atoms with Crippen molar-refractivity contribution in [2.75, 3.05) is 38.8 Å². The Morgan fingerprint density at radius 2 is 1.83 bits per heavy atom. The molecule has 2 amide bonds. The first-order chi connectivity index (χ1) is 16.8. The molecule has 2 fully saturated rings. The molecular weight excluding hydrogens is 448 g/mol. The predicted octanol–water partition coefficient (Wildman–Crippen LogP) is 3.39. The molecule has 3 aliphatic heterocycles. The van der Waals surface area contributed by atoms with Crippen LogP contribution in [-0.4, -0.2) is 62.0 Å². The van der Waals surface area contributed by atoms with Gasteiger partial charge in [0.15, 0.2) is 5.78 Å². The Labute approximate surface area is 204 Å². The number of Topliss-reactive ketones (excluding diaryl/α,β-unsaturated/α-hetero) is 1. The second-order valence-corrected chi connectivity index (χ2v) is 9.65. The monoisotopic (exact) mass is 478 g/mol. The normalized spacial score (nSPS) is 21.1. The van der Waals surface area contributed by atoms with Gasteiger partial charge in [-0.15, -0.1) is 0 Å². The molecule has 0 radical (unpaired) electrons. The molecule has 2 saturated heterocycles. The molecule has 5 rings (SSSR count). The lowest BCUT2D eigenvalue weighted by atomic mass is 9.82. The first-order valence-corrected chi connectivity index (χ1v) is 12.0. The minimum atomic E-state index is -0.611. The maximum atomic E-state index is 13.4. The smallest absolute Gasteiger partial charge is 0.228 e. The second kappa shape index (κ2) is 8.91. The highest BCUT2D eigenvalue weighted by Gasteiger charge is 2.45. The summed E-state index contributed by atoms with van der Waals surface area (Å²) in [4.78, 5) is 42.5. The van der Waals surface area contributed by atoms with E-state index in [9.17, 15) is 14.4 Å². The fourth-order valence-corrected chi connectivity index (χ4v) is 5.39. The highest BCUT2D eigenvalue weighted by Crippen LogP contribution is 2.41. The van der Waals surface area contributed by atoms with Crippen molar-refractivity contribution in [2.45, 2.75) is 38.2 Å². The van der Waals surface area contributed by atoms with Crippen LogP contribution in [0.2, 0.25) is 0 Å². The van der Waals surface area contributed by atoms with Crippen LogP contribution in [0.3, 0.4) is 0 Å². The Balaban J connectivity index is 1.26. The number of aryl methyl sites for hydroxylation is 1. The molecule has 3 aliphatic rings. The number of piperidine rings is 1. The summed E-state index contributed by atoms with van der Waals surface area (Å²) >= 11 is 0. The number of methoxy groups -OCH3 is 2. The van der Waals surface area contributed by atoms with Crippen molar-refractivity contribution in [3.05, 3.63) is 47.5 Å². The number of ketones is 1. The fraction of sp³-hybridized carbons (Fsp3) is 0.444. The van der Waals surface area contributed by atoms with Gasteiger partial charge < -0.3 is 24.0 Å². The third kappa shape index (κ3) is 4.22. The predicted molar refractivity (Wildman–Crippen MR) is 129 cm³/mol. The van der Waals surface area contributed by atoms with E-state index in [0.717, 1.165) is 5.56 Å². The number of fused-ring (bicyclic) bond motifs is 1. The van der Waals surface area contributed by atoms with Gasteiger partial charge in [0, 0.05) is 45.0 Å². The van der Waals surface area contributed by atoms with Gasteiger partial charge in [-0.05, 0) is 36.8 Å². The van der Waals surface area contributed by atoms with E-state index < -0.39 is 11.5 Å². The molecule has 8 heteroatoms. The van der Waals surface area contributed by atoms with E-state index in [1.165, 1.54) is 0 Å². The number of hydrogen-bond acceptors (Lipinski definition) is 6. The maximum Gasteiger partial charge on any atom is 0.228 e. The molecule has 35 heavy (non-hydrogen) atoms. The molecule has 0 aliphatic carbocycles. The van der Waals surface area contributed by atoms with Crippen molar-refractivity contribution in [3.8, 4) is 17.2 Å². The first kappa shape index (κ1) is 23.2. The summed E-state index contributed by atoms with van der Waals surface area (Å²) in [5, 5.41) is 0. The van der Waals surface area contributed by atoms with E-state index in [1.54, 1.807) is 37.3 Å². The van der Waals surface area contributed by atoms with Gasteiger partial charge in [-0.2, -0.15) is 0 Å². The van der Waals surface area contributed by atoms with E-state index in [-0.39, 0.29) is 24.0 Å². The van der Waals surface area contributed by atoms with Crippen molar-refractivity contribution in [1.29, 1.82) is 0 Å². The van der Waals surface area contributed by atoms with Crippen LogP contribution in [0.25, 0.3) is 0 Å². The Hall–Kier alpha value is -3.55. The molecule has 184 valence electrons. The topological polar surface area (TPSA) is 85.4 Å². The highest BCUT2D eigenvalue weighted by molar-refractivity contribution is 6.02. The lowest BCUT2D eigenvalue weighted by molar-refractivity contribution is -0.139. The van der Waals surface area contributed by atoms with Crippen LogP contribution in [0, 0.1) is 12.8 Å². The summed E-state index contributed by atoms with van der Waals surface area (Å²) in [6, 6.07) is 11.0. The Kier molecular flexibility index (Phi) is 5.91. The van der Waals surface area contributed by atoms with Crippen molar-refractivity contribution in [1.82, 2.24) is 4.90 Å². The van der Waals surface area contributed by atoms with Crippen LogP contribution < -0.4 is 19.1 Å². The minimum Gasteiger partial charge on any atom is -0.497 e. The second-order valence-electron chi connectivity index (χ2n) is 9.65. The zero-order valence-corrected chi connectivity index (χ0v) is 20.3. The quantitative estimate of drug-likeness (QED) is 0.670. The lowest BCUT2D eigenvalue weighted by Crippen LogP contribution is -2.53. The average molecular weight is 479 g/mol. The summed E-state index contributed by atoms with van der Waals surface area (Å²) in [5.74, 6) is 1.36. The van der Waals surface area contributed by atoms with E-state index in [4.69, 9.17) is 14.2 Å². The third-order valence-corrected chi connectivity index (χ3v) is 7.38. The Bertz CT molecular complexity index is 1180. The van der Waals surface area contributed by atoms with Crippen molar-refractivity contribution >= 4 is 23.3 Å². The summed E-state index contributed by atoms with van der Waals surface area (Å²) in [6.07, 6.45) is 1.62. The number of hydrogen-bond donors (Lipinski definition) is 0. The fourth-order valence-electron chi connectivity index (χ4n) is 5.39. The van der Waals surface area contributed by atoms with Crippen LogP contribution in [0.5, 0.6) is 17.2 Å². The van der Waals surface area contributed by atoms with Crippen LogP contribution in [0.15, 0.2) is 36.4 Å². The van der Waals surface area contributed by atoms with Gasteiger partial charge in [-0.3, -0.25) is 14.4 Å². The summed E-state index contributed by atoms with van der Waals surface area (Å²) < 4.78 is 17.1. The SMILES string of the molecule is COc1ccc2c(c1)OC1(CCN(C(=O)C3CC(=O)N(c4cc(C)ccc4OC)C3)CC1)CC2=O. The number of anilines is 1. The number of benzene rings is 2. The molecule has 1 spiro atoms. The zero-order valence-electron chi connectivity index (χ0n) is 20.3. The Morgan fingerprint density at radius 3 is 2.54 bits per heavy atom. The van der Waals surface area contributed by atoms with Gasteiger partial charge in [-0.25, -0.2) is 0 Å². The molecule has 2 aromatic rings. The summed E-state index contributed by atoms with van der Waals surface area (Å²) in [5.41, 5.74) is 1.69. The molecule has 0 aromatic heterocycles. The van der Waals surface area contributed by atoms with E-state index in [1.807, 2.05) is 30.0 Å². The van der Waals surface area contributed by atoms with Gasteiger partial charge in [-0.1, -0.05) is 6.07 Å². The molecule has 1 unspecified atom stereocenters. The maximum absolute atomic E-state index is 13.4. The van der Waals surface area contributed by atoms with Crippen molar-refractivity contribution in [2.24, 2.45) is 5.92 Å². The molecular formula is C27H30N2O6. The molecule has 3 heterocycles.